The van der Waals surface area contributed by atoms with Crippen molar-refractivity contribution in [2.45, 2.75) is 13.3 Å². The van der Waals surface area contributed by atoms with Gasteiger partial charge in [0.05, 0.1) is 11.4 Å². The first-order chi connectivity index (χ1) is 10.2. The Hall–Kier alpha value is -2.42. The Morgan fingerprint density at radius 2 is 1.86 bits per heavy atom. The largest absolute Gasteiger partial charge is 0.315 e. The van der Waals surface area contributed by atoms with E-state index in [9.17, 15) is 4.79 Å². The maximum atomic E-state index is 12.1. The zero-order valence-electron chi connectivity index (χ0n) is 12.3. The number of hydrogen-bond donors (Lipinski definition) is 0. The number of carbonyl (C=O) groups excluding carboxylic acids is 1. The van der Waals surface area contributed by atoms with Crippen molar-refractivity contribution in [2.75, 3.05) is 18.5 Å². The van der Waals surface area contributed by atoms with Crippen molar-refractivity contribution in [2.24, 2.45) is 4.99 Å². The standard InChI is InChI=1S/C18H18N2O/c1-13-8-9-16-15(12-13)18(14-6-4-3-5-7-14)19-11-10-17(21)20(16)2/h3-9,12H,10-11H2,1-2H3. The van der Waals surface area contributed by atoms with E-state index in [2.05, 4.69) is 30.1 Å². The van der Waals surface area contributed by atoms with Gasteiger partial charge in [0.1, 0.15) is 0 Å². The van der Waals surface area contributed by atoms with E-state index in [1.54, 1.807) is 4.90 Å². The van der Waals surface area contributed by atoms with Crippen molar-refractivity contribution >= 4 is 17.3 Å². The number of fused-ring (bicyclic) bond motifs is 1. The monoisotopic (exact) mass is 278 g/mol. The van der Waals surface area contributed by atoms with Gasteiger partial charge >= 0.3 is 0 Å². The van der Waals surface area contributed by atoms with Crippen LogP contribution in [0.25, 0.3) is 0 Å². The minimum atomic E-state index is 0.107. The number of amides is 1. The highest BCUT2D eigenvalue weighted by atomic mass is 16.2. The number of nitrogens with zero attached hydrogens (tertiary/aromatic N) is 2. The maximum Gasteiger partial charge on any atom is 0.228 e. The van der Waals surface area contributed by atoms with Crippen LogP contribution in [0, 0.1) is 6.92 Å². The molecule has 0 unspecified atom stereocenters. The molecule has 0 spiro atoms. The summed E-state index contributed by atoms with van der Waals surface area (Å²) in [6.07, 6.45) is 0.445. The van der Waals surface area contributed by atoms with Gasteiger partial charge in [-0.05, 0) is 19.1 Å². The number of benzene rings is 2. The molecule has 0 N–H and O–H groups in total. The van der Waals surface area contributed by atoms with E-state index in [1.165, 1.54) is 5.56 Å². The van der Waals surface area contributed by atoms with E-state index in [0.717, 1.165) is 22.5 Å². The van der Waals surface area contributed by atoms with Gasteiger partial charge < -0.3 is 4.90 Å². The third-order valence-electron chi connectivity index (χ3n) is 3.79. The van der Waals surface area contributed by atoms with Crippen molar-refractivity contribution in [1.29, 1.82) is 0 Å². The molecule has 21 heavy (non-hydrogen) atoms. The van der Waals surface area contributed by atoms with Crippen LogP contribution in [0.3, 0.4) is 0 Å². The summed E-state index contributed by atoms with van der Waals surface area (Å²) in [4.78, 5) is 18.5. The van der Waals surface area contributed by atoms with Crippen LogP contribution < -0.4 is 4.90 Å². The Bertz CT molecular complexity index is 704. The number of aryl methyl sites for hydroxylation is 1. The lowest BCUT2D eigenvalue weighted by Crippen LogP contribution is -2.30. The molecule has 0 radical (unpaired) electrons. The summed E-state index contributed by atoms with van der Waals surface area (Å²) in [5, 5.41) is 0. The zero-order chi connectivity index (χ0) is 14.8. The highest BCUT2D eigenvalue weighted by molar-refractivity contribution is 6.18. The van der Waals surface area contributed by atoms with Crippen molar-refractivity contribution in [3.8, 4) is 0 Å². The molecular formula is C18H18N2O. The number of carbonyl (C=O) groups is 1. The van der Waals surface area contributed by atoms with E-state index in [-0.39, 0.29) is 5.91 Å². The molecule has 0 aliphatic carbocycles. The van der Waals surface area contributed by atoms with E-state index in [0.29, 0.717) is 13.0 Å². The van der Waals surface area contributed by atoms with Gasteiger partial charge in [0.25, 0.3) is 0 Å². The molecule has 2 aromatic carbocycles. The molecule has 3 rings (SSSR count). The van der Waals surface area contributed by atoms with Gasteiger partial charge in [0.2, 0.25) is 5.91 Å². The summed E-state index contributed by atoms with van der Waals surface area (Å²) >= 11 is 0. The predicted octanol–water partition coefficient (Wildman–Crippen LogP) is 3.20. The van der Waals surface area contributed by atoms with Crippen LogP contribution in [0.15, 0.2) is 53.5 Å². The smallest absolute Gasteiger partial charge is 0.228 e. The fourth-order valence-corrected chi connectivity index (χ4v) is 2.63. The molecule has 0 saturated heterocycles. The molecule has 0 fully saturated rings. The average molecular weight is 278 g/mol. The van der Waals surface area contributed by atoms with Crippen LogP contribution in [0.2, 0.25) is 0 Å². The maximum absolute atomic E-state index is 12.1. The second-order valence-corrected chi connectivity index (χ2v) is 5.32. The van der Waals surface area contributed by atoms with Crippen molar-refractivity contribution in [3.05, 3.63) is 65.2 Å². The Labute approximate surface area is 124 Å². The summed E-state index contributed by atoms with van der Waals surface area (Å²) in [5.41, 5.74) is 5.17. The molecule has 0 saturated carbocycles. The van der Waals surface area contributed by atoms with Gasteiger partial charge in [-0.25, -0.2) is 0 Å². The lowest BCUT2D eigenvalue weighted by atomic mass is 9.97. The topological polar surface area (TPSA) is 32.7 Å². The Balaban J connectivity index is 2.21. The predicted molar refractivity (Wildman–Crippen MR) is 86.2 cm³/mol. The van der Waals surface area contributed by atoms with Gasteiger partial charge in [-0.3, -0.25) is 9.79 Å². The lowest BCUT2D eigenvalue weighted by molar-refractivity contribution is -0.118. The Morgan fingerprint density at radius 3 is 2.62 bits per heavy atom. The van der Waals surface area contributed by atoms with Crippen LogP contribution in [-0.4, -0.2) is 25.2 Å². The Morgan fingerprint density at radius 1 is 1.10 bits per heavy atom. The number of rotatable bonds is 1. The molecule has 1 amide bonds. The summed E-state index contributed by atoms with van der Waals surface area (Å²) < 4.78 is 0. The number of hydrogen-bond acceptors (Lipinski definition) is 2. The fraction of sp³-hybridized carbons (Fsp3) is 0.222. The van der Waals surface area contributed by atoms with E-state index >= 15 is 0 Å². The van der Waals surface area contributed by atoms with Crippen LogP contribution >= 0.6 is 0 Å². The fourth-order valence-electron chi connectivity index (χ4n) is 2.63. The molecular weight excluding hydrogens is 260 g/mol. The minimum absolute atomic E-state index is 0.107. The lowest BCUT2D eigenvalue weighted by Gasteiger charge is -2.24. The van der Waals surface area contributed by atoms with Crippen molar-refractivity contribution < 1.29 is 4.79 Å². The molecule has 0 atom stereocenters. The second kappa shape index (κ2) is 5.52. The minimum Gasteiger partial charge on any atom is -0.315 e. The summed E-state index contributed by atoms with van der Waals surface area (Å²) in [6.45, 7) is 2.59. The van der Waals surface area contributed by atoms with Crippen LogP contribution in [0.4, 0.5) is 5.69 Å². The molecule has 1 heterocycles. The summed E-state index contributed by atoms with van der Waals surface area (Å²) in [6, 6.07) is 16.3. The zero-order valence-corrected chi connectivity index (χ0v) is 12.3. The molecule has 1 aliphatic heterocycles. The molecule has 3 heteroatoms. The third kappa shape index (κ3) is 2.59. The number of aliphatic imine (C=N–C) groups is 1. The Kier molecular flexibility index (Phi) is 3.57. The first-order valence-electron chi connectivity index (χ1n) is 7.14. The van der Waals surface area contributed by atoms with Gasteiger partial charge in [0, 0.05) is 31.1 Å². The van der Waals surface area contributed by atoms with Crippen molar-refractivity contribution in [1.82, 2.24) is 0 Å². The second-order valence-electron chi connectivity index (χ2n) is 5.32. The molecule has 106 valence electrons. The summed E-state index contributed by atoms with van der Waals surface area (Å²) in [5.74, 6) is 0.107. The van der Waals surface area contributed by atoms with Crippen LogP contribution in [0.5, 0.6) is 0 Å². The molecule has 2 aromatic rings. The average Bonchev–Trinajstić information content (AvgIpc) is 2.50. The van der Waals surface area contributed by atoms with Crippen LogP contribution in [-0.2, 0) is 4.79 Å². The number of anilines is 1. The molecule has 1 aliphatic rings. The van der Waals surface area contributed by atoms with Gasteiger partial charge in [-0.1, -0.05) is 42.0 Å². The normalized spacial score (nSPS) is 15.0. The molecule has 0 bridgehead atoms. The first-order valence-corrected chi connectivity index (χ1v) is 7.14. The van der Waals surface area contributed by atoms with E-state index in [1.807, 2.05) is 37.4 Å². The van der Waals surface area contributed by atoms with Crippen LogP contribution in [0.1, 0.15) is 23.1 Å². The van der Waals surface area contributed by atoms with Gasteiger partial charge in [-0.2, -0.15) is 0 Å². The summed E-state index contributed by atoms with van der Waals surface area (Å²) in [7, 11) is 1.84. The molecule has 0 aromatic heterocycles. The van der Waals surface area contributed by atoms with Crippen molar-refractivity contribution in [3.63, 3.8) is 0 Å². The SMILES string of the molecule is Cc1ccc2c(c1)C(c1ccccc1)=NCCC(=O)N2C. The molecule has 3 nitrogen and oxygen atoms in total. The highest BCUT2D eigenvalue weighted by Crippen LogP contribution is 2.26. The van der Waals surface area contributed by atoms with Gasteiger partial charge in [-0.15, -0.1) is 0 Å². The third-order valence-corrected chi connectivity index (χ3v) is 3.79. The van der Waals surface area contributed by atoms with E-state index in [4.69, 9.17) is 0 Å². The van der Waals surface area contributed by atoms with Gasteiger partial charge in [0.15, 0.2) is 0 Å². The van der Waals surface area contributed by atoms with E-state index < -0.39 is 0 Å². The quantitative estimate of drug-likeness (QED) is 0.788. The first kappa shape index (κ1) is 13.6. The highest BCUT2D eigenvalue weighted by Gasteiger charge is 2.20.